The van der Waals surface area contributed by atoms with Gasteiger partial charge in [0.1, 0.15) is 0 Å². The van der Waals surface area contributed by atoms with Crippen molar-refractivity contribution in [1.82, 2.24) is 9.97 Å². The van der Waals surface area contributed by atoms with Gasteiger partial charge < -0.3 is 14.6 Å². The zero-order valence-corrected chi connectivity index (χ0v) is 17.2. The molecule has 2 rings (SSSR count). The molecular weight excluding hydrogens is 388 g/mol. The number of amides is 1. The summed E-state index contributed by atoms with van der Waals surface area (Å²) in [6, 6.07) is 7.64. The zero-order chi connectivity index (χ0) is 22.3. The number of carbonyl (C=O) groups is 2. The fourth-order valence-corrected chi connectivity index (χ4v) is 3.11. The first-order valence-corrected chi connectivity index (χ1v) is 9.44. The maximum Gasteiger partial charge on any atom is 0.325 e. The predicted molar refractivity (Wildman–Crippen MR) is 110 cm³/mol. The highest BCUT2D eigenvalue weighted by Crippen LogP contribution is 2.19. The quantitative estimate of drug-likeness (QED) is 0.629. The fourth-order valence-electron chi connectivity index (χ4n) is 3.11. The van der Waals surface area contributed by atoms with Gasteiger partial charge in [-0.3, -0.25) is 19.4 Å². The summed E-state index contributed by atoms with van der Waals surface area (Å²) in [6.07, 6.45) is 0.0894. The standard InChI is InChI=1S/C21H24N4O5/c1-13-9-14(2)11-16(10-13)25(8-4-7-22)18(26)12-30-19(27)6-5-17-15(3)23-21(29)24-20(17)28/h9-11H,4-6,8,12H2,1-3H3,(H2,23,24,28,29). The number of aromatic amines is 2. The van der Waals surface area contributed by atoms with Crippen LogP contribution in [0.2, 0.25) is 0 Å². The van der Waals surface area contributed by atoms with Crippen LogP contribution in [0.4, 0.5) is 5.69 Å². The van der Waals surface area contributed by atoms with Gasteiger partial charge in [-0.1, -0.05) is 6.07 Å². The Hall–Kier alpha value is -3.67. The lowest BCUT2D eigenvalue weighted by atomic mass is 10.1. The molecule has 0 aliphatic carbocycles. The van der Waals surface area contributed by atoms with E-state index in [9.17, 15) is 19.2 Å². The van der Waals surface area contributed by atoms with Gasteiger partial charge in [0.25, 0.3) is 11.5 Å². The average Bonchev–Trinajstić information content (AvgIpc) is 2.65. The maximum absolute atomic E-state index is 12.6. The van der Waals surface area contributed by atoms with E-state index >= 15 is 0 Å². The SMILES string of the molecule is Cc1cc(C)cc(N(CCC#N)C(=O)COC(=O)CCc2c(C)[nH]c(=O)[nH]c2=O)c1. The van der Waals surface area contributed by atoms with E-state index in [1.165, 1.54) is 4.90 Å². The van der Waals surface area contributed by atoms with Crippen molar-refractivity contribution in [2.75, 3.05) is 18.1 Å². The molecule has 1 amide bonds. The number of hydrogen-bond donors (Lipinski definition) is 2. The van der Waals surface area contributed by atoms with E-state index in [1.54, 1.807) is 6.92 Å². The van der Waals surface area contributed by atoms with Gasteiger partial charge >= 0.3 is 11.7 Å². The number of nitriles is 1. The van der Waals surface area contributed by atoms with Crippen LogP contribution in [0, 0.1) is 32.1 Å². The second-order valence-electron chi connectivity index (χ2n) is 6.97. The number of aryl methyl sites for hydroxylation is 3. The number of ether oxygens (including phenoxy) is 1. The Morgan fingerprint density at radius 2 is 1.77 bits per heavy atom. The third kappa shape index (κ3) is 6.17. The molecule has 0 bridgehead atoms. The van der Waals surface area contributed by atoms with Crippen molar-refractivity contribution in [2.45, 2.75) is 40.0 Å². The molecule has 2 aromatic rings. The number of hydrogen-bond acceptors (Lipinski definition) is 6. The summed E-state index contributed by atoms with van der Waals surface area (Å²) in [7, 11) is 0. The number of benzene rings is 1. The van der Waals surface area contributed by atoms with Crippen molar-refractivity contribution in [3.8, 4) is 6.07 Å². The van der Waals surface area contributed by atoms with Crippen LogP contribution < -0.4 is 16.1 Å². The highest BCUT2D eigenvalue weighted by molar-refractivity contribution is 5.95. The van der Waals surface area contributed by atoms with E-state index in [-0.39, 0.29) is 31.4 Å². The highest BCUT2D eigenvalue weighted by atomic mass is 16.5. The summed E-state index contributed by atoms with van der Waals surface area (Å²) in [4.78, 5) is 53.7. The fraction of sp³-hybridized carbons (Fsp3) is 0.381. The van der Waals surface area contributed by atoms with Crippen LogP contribution in [0.5, 0.6) is 0 Å². The van der Waals surface area contributed by atoms with Crippen LogP contribution in [0.3, 0.4) is 0 Å². The molecule has 1 heterocycles. The van der Waals surface area contributed by atoms with Gasteiger partial charge in [0.2, 0.25) is 0 Å². The molecular formula is C21H24N4O5. The summed E-state index contributed by atoms with van der Waals surface area (Å²) in [5.41, 5.74) is 2.07. The van der Waals surface area contributed by atoms with Crippen LogP contribution in [0.15, 0.2) is 27.8 Å². The number of aromatic nitrogens is 2. The van der Waals surface area contributed by atoms with Gasteiger partial charge in [-0.25, -0.2) is 4.79 Å². The normalized spacial score (nSPS) is 10.3. The molecule has 158 valence electrons. The molecule has 0 saturated carbocycles. The topological polar surface area (TPSA) is 136 Å². The van der Waals surface area contributed by atoms with Crippen LogP contribution in [0.1, 0.15) is 35.2 Å². The lowest BCUT2D eigenvalue weighted by Crippen LogP contribution is -2.35. The summed E-state index contributed by atoms with van der Waals surface area (Å²) < 4.78 is 5.07. The lowest BCUT2D eigenvalue weighted by molar-refractivity contribution is -0.147. The Kier molecular flexibility index (Phi) is 7.69. The molecule has 30 heavy (non-hydrogen) atoms. The number of esters is 1. The molecule has 1 aromatic heterocycles. The lowest BCUT2D eigenvalue weighted by Gasteiger charge is -2.22. The van der Waals surface area contributed by atoms with E-state index in [0.717, 1.165) is 11.1 Å². The maximum atomic E-state index is 12.6. The molecule has 0 aliphatic rings. The van der Waals surface area contributed by atoms with Crippen LogP contribution >= 0.6 is 0 Å². The van der Waals surface area contributed by atoms with Gasteiger partial charge in [-0.2, -0.15) is 5.26 Å². The van der Waals surface area contributed by atoms with E-state index in [0.29, 0.717) is 11.4 Å². The van der Waals surface area contributed by atoms with Gasteiger partial charge in [0, 0.05) is 29.9 Å². The van der Waals surface area contributed by atoms with Crippen molar-refractivity contribution >= 4 is 17.6 Å². The Bertz CT molecular complexity index is 1070. The molecule has 9 nitrogen and oxygen atoms in total. The van der Waals surface area contributed by atoms with Crippen LogP contribution in [0.25, 0.3) is 0 Å². The Morgan fingerprint density at radius 1 is 1.10 bits per heavy atom. The molecule has 0 aliphatic heterocycles. The number of rotatable bonds is 8. The van der Waals surface area contributed by atoms with Crippen LogP contribution in [-0.4, -0.2) is 35.0 Å². The zero-order valence-electron chi connectivity index (χ0n) is 17.2. The average molecular weight is 412 g/mol. The smallest absolute Gasteiger partial charge is 0.325 e. The minimum Gasteiger partial charge on any atom is -0.456 e. The molecule has 0 atom stereocenters. The van der Waals surface area contributed by atoms with E-state index in [2.05, 4.69) is 9.97 Å². The molecule has 2 N–H and O–H groups in total. The van der Waals surface area contributed by atoms with E-state index in [4.69, 9.17) is 10.00 Å². The third-order valence-electron chi connectivity index (χ3n) is 4.46. The second-order valence-corrected chi connectivity index (χ2v) is 6.97. The minimum atomic E-state index is -0.644. The molecule has 0 spiro atoms. The summed E-state index contributed by atoms with van der Waals surface area (Å²) in [5.74, 6) is -1.09. The van der Waals surface area contributed by atoms with Gasteiger partial charge in [-0.15, -0.1) is 0 Å². The highest BCUT2D eigenvalue weighted by Gasteiger charge is 2.18. The van der Waals surface area contributed by atoms with Crippen molar-refractivity contribution in [1.29, 1.82) is 5.26 Å². The van der Waals surface area contributed by atoms with Crippen LogP contribution in [-0.2, 0) is 20.7 Å². The molecule has 0 unspecified atom stereocenters. The monoisotopic (exact) mass is 412 g/mol. The van der Waals surface area contributed by atoms with Gasteiger partial charge in [-0.05, 0) is 50.5 Å². The Morgan fingerprint density at radius 3 is 2.37 bits per heavy atom. The third-order valence-corrected chi connectivity index (χ3v) is 4.46. The summed E-state index contributed by atoms with van der Waals surface area (Å²) in [6.45, 7) is 5.09. The Labute approximate surface area is 173 Å². The van der Waals surface area contributed by atoms with Crippen molar-refractivity contribution in [3.05, 3.63) is 61.4 Å². The van der Waals surface area contributed by atoms with Crippen molar-refractivity contribution < 1.29 is 14.3 Å². The van der Waals surface area contributed by atoms with Crippen molar-refractivity contribution in [3.63, 3.8) is 0 Å². The first-order chi connectivity index (χ1) is 14.2. The minimum absolute atomic E-state index is 0.0696. The Balaban J connectivity index is 2.01. The van der Waals surface area contributed by atoms with E-state index in [1.807, 2.05) is 38.1 Å². The first kappa shape index (κ1) is 22.6. The number of anilines is 1. The number of nitrogens with zero attached hydrogens (tertiary/aromatic N) is 2. The summed E-state index contributed by atoms with van der Waals surface area (Å²) in [5, 5.41) is 8.89. The van der Waals surface area contributed by atoms with Gasteiger partial charge in [0.05, 0.1) is 12.5 Å². The first-order valence-electron chi connectivity index (χ1n) is 9.44. The number of carbonyl (C=O) groups excluding carboxylic acids is 2. The number of H-pyrrole nitrogens is 2. The second kappa shape index (κ2) is 10.2. The molecule has 1 aromatic carbocycles. The molecule has 0 radical (unpaired) electrons. The molecule has 9 heteroatoms. The van der Waals surface area contributed by atoms with Gasteiger partial charge in [0.15, 0.2) is 6.61 Å². The molecule has 0 saturated heterocycles. The predicted octanol–water partition coefficient (Wildman–Crippen LogP) is 1.41. The number of nitrogens with one attached hydrogen (secondary N) is 2. The largest absolute Gasteiger partial charge is 0.456 e. The molecule has 0 fully saturated rings. The summed E-state index contributed by atoms with van der Waals surface area (Å²) >= 11 is 0. The van der Waals surface area contributed by atoms with E-state index < -0.39 is 29.7 Å². The van der Waals surface area contributed by atoms with Crippen molar-refractivity contribution in [2.24, 2.45) is 0 Å².